The first-order valence-corrected chi connectivity index (χ1v) is 5.78. The molecule has 0 spiro atoms. The molecule has 0 aliphatic heterocycles. The van der Waals surface area contributed by atoms with Gasteiger partial charge in [0.05, 0.1) is 0 Å². The van der Waals surface area contributed by atoms with E-state index in [0.29, 0.717) is 11.6 Å². The van der Waals surface area contributed by atoms with Crippen molar-refractivity contribution in [2.45, 2.75) is 13.0 Å². The van der Waals surface area contributed by atoms with E-state index in [1.807, 2.05) is 30.3 Å². The topological polar surface area (TPSA) is 87.1 Å². The number of nitrogens with zero attached hydrogens (tertiary/aromatic N) is 2. The number of aromatic nitrogens is 2. The molecule has 0 aliphatic rings. The molecule has 0 radical (unpaired) electrons. The Kier molecular flexibility index (Phi) is 3.92. The lowest BCUT2D eigenvalue weighted by atomic mass is 10.3. The Balaban J connectivity index is 2.09. The van der Waals surface area contributed by atoms with Crippen molar-refractivity contribution in [1.29, 1.82) is 0 Å². The van der Waals surface area contributed by atoms with E-state index in [4.69, 9.17) is 5.11 Å². The fourth-order valence-corrected chi connectivity index (χ4v) is 1.46. The van der Waals surface area contributed by atoms with Gasteiger partial charge in [-0.2, -0.15) is 0 Å². The van der Waals surface area contributed by atoms with Crippen LogP contribution in [0.1, 0.15) is 6.92 Å². The Bertz CT molecular complexity index is 560. The van der Waals surface area contributed by atoms with E-state index < -0.39 is 12.0 Å². The maximum Gasteiger partial charge on any atom is 0.325 e. The molecule has 1 aromatic heterocycles. The molecule has 0 bridgehead atoms. The Hall–Kier alpha value is -2.63. The number of carboxylic acids is 1. The number of carboxylic acid groups (broad SMARTS) is 1. The van der Waals surface area contributed by atoms with Crippen molar-refractivity contribution in [3.8, 4) is 0 Å². The van der Waals surface area contributed by atoms with Crippen LogP contribution in [0.3, 0.4) is 0 Å². The standard InChI is InChI=1S/C13H14N4O2/c1-9(13(18)19)16-11-7-12(15-8-14-11)17-10-5-3-2-4-6-10/h2-9H,1H3,(H,18,19)(H2,14,15,16,17). The molecule has 6 nitrogen and oxygen atoms in total. The maximum atomic E-state index is 10.8. The summed E-state index contributed by atoms with van der Waals surface area (Å²) in [6.07, 6.45) is 1.38. The van der Waals surface area contributed by atoms with Gasteiger partial charge >= 0.3 is 5.97 Å². The highest BCUT2D eigenvalue weighted by Crippen LogP contribution is 2.15. The maximum absolute atomic E-state index is 10.8. The number of rotatable bonds is 5. The highest BCUT2D eigenvalue weighted by Gasteiger charge is 2.11. The summed E-state index contributed by atoms with van der Waals surface area (Å²) in [7, 11) is 0. The van der Waals surface area contributed by atoms with Gasteiger partial charge in [-0.3, -0.25) is 4.79 Å². The highest BCUT2D eigenvalue weighted by atomic mass is 16.4. The molecular formula is C13H14N4O2. The lowest BCUT2D eigenvalue weighted by Crippen LogP contribution is -2.25. The van der Waals surface area contributed by atoms with Gasteiger partial charge in [-0.05, 0) is 19.1 Å². The second kappa shape index (κ2) is 5.81. The van der Waals surface area contributed by atoms with E-state index in [-0.39, 0.29) is 0 Å². The zero-order valence-electron chi connectivity index (χ0n) is 10.4. The van der Waals surface area contributed by atoms with Crippen LogP contribution in [0.25, 0.3) is 0 Å². The van der Waals surface area contributed by atoms with Gasteiger partial charge in [0.1, 0.15) is 24.0 Å². The van der Waals surface area contributed by atoms with E-state index >= 15 is 0 Å². The molecule has 3 N–H and O–H groups in total. The number of benzene rings is 1. The number of nitrogens with one attached hydrogen (secondary N) is 2. The van der Waals surface area contributed by atoms with Crippen molar-refractivity contribution < 1.29 is 9.90 Å². The van der Waals surface area contributed by atoms with Gasteiger partial charge in [0.25, 0.3) is 0 Å². The largest absolute Gasteiger partial charge is 0.480 e. The Morgan fingerprint density at radius 2 is 1.89 bits per heavy atom. The van der Waals surface area contributed by atoms with Crippen LogP contribution in [0.15, 0.2) is 42.7 Å². The second-order valence-electron chi connectivity index (χ2n) is 3.98. The van der Waals surface area contributed by atoms with Gasteiger partial charge in [0.15, 0.2) is 0 Å². The lowest BCUT2D eigenvalue weighted by molar-refractivity contribution is -0.137. The lowest BCUT2D eigenvalue weighted by Gasteiger charge is -2.11. The molecule has 1 atom stereocenters. The monoisotopic (exact) mass is 258 g/mol. The van der Waals surface area contributed by atoms with E-state index in [2.05, 4.69) is 20.6 Å². The fourth-order valence-electron chi connectivity index (χ4n) is 1.46. The molecule has 6 heteroatoms. The summed E-state index contributed by atoms with van der Waals surface area (Å²) in [5.41, 5.74) is 0.901. The van der Waals surface area contributed by atoms with Crippen molar-refractivity contribution in [3.63, 3.8) is 0 Å². The molecule has 0 amide bonds. The second-order valence-corrected chi connectivity index (χ2v) is 3.98. The number of para-hydroxylation sites is 1. The molecular weight excluding hydrogens is 244 g/mol. The SMILES string of the molecule is CC(Nc1cc(Nc2ccccc2)ncn1)C(=O)O. The fraction of sp³-hybridized carbons (Fsp3) is 0.154. The average Bonchev–Trinajstić information content (AvgIpc) is 2.40. The molecule has 1 aromatic carbocycles. The van der Waals surface area contributed by atoms with Gasteiger partial charge < -0.3 is 15.7 Å². The smallest absolute Gasteiger partial charge is 0.325 e. The molecule has 0 aliphatic carbocycles. The third kappa shape index (κ3) is 3.67. The Morgan fingerprint density at radius 3 is 2.58 bits per heavy atom. The van der Waals surface area contributed by atoms with Crippen LogP contribution in [0.4, 0.5) is 17.3 Å². The summed E-state index contributed by atoms with van der Waals surface area (Å²) in [6.45, 7) is 1.55. The first kappa shape index (κ1) is 12.8. The number of anilines is 3. The number of hydrogen-bond donors (Lipinski definition) is 3. The minimum Gasteiger partial charge on any atom is -0.480 e. The summed E-state index contributed by atoms with van der Waals surface area (Å²) in [6, 6.07) is 10.5. The van der Waals surface area contributed by atoms with Crippen LogP contribution >= 0.6 is 0 Å². The summed E-state index contributed by atoms with van der Waals surface area (Å²) >= 11 is 0. The normalized spacial score (nSPS) is 11.6. The molecule has 0 fully saturated rings. The first-order chi connectivity index (χ1) is 9.15. The molecule has 0 saturated carbocycles. The van der Waals surface area contributed by atoms with Crippen molar-refractivity contribution >= 4 is 23.3 Å². The third-order valence-corrected chi connectivity index (χ3v) is 2.45. The van der Waals surface area contributed by atoms with E-state index in [9.17, 15) is 4.79 Å². The predicted octanol–water partition coefficient (Wildman–Crippen LogP) is 2.11. The molecule has 1 unspecified atom stereocenters. The first-order valence-electron chi connectivity index (χ1n) is 5.78. The molecule has 0 saturated heterocycles. The number of carbonyl (C=O) groups is 1. The molecule has 2 aromatic rings. The van der Waals surface area contributed by atoms with Crippen molar-refractivity contribution in [2.24, 2.45) is 0 Å². The Labute approximate surface area is 110 Å². The van der Waals surface area contributed by atoms with Gasteiger partial charge in [0, 0.05) is 11.8 Å². The van der Waals surface area contributed by atoms with Gasteiger partial charge in [-0.15, -0.1) is 0 Å². The molecule has 1 heterocycles. The highest BCUT2D eigenvalue weighted by molar-refractivity contribution is 5.76. The van der Waals surface area contributed by atoms with Crippen LogP contribution in [-0.2, 0) is 4.79 Å². The van der Waals surface area contributed by atoms with Crippen LogP contribution < -0.4 is 10.6 Å². The quantitative estimate of drug-likeness (QED) is 0.761. The predicted molar refractivity (Wildman–Crippen MR) is 72.5 cm³/mol. The van der Waals surface area contributed by atoms with Crippen LogP contribution in [0, 0.1) is 0 Å². The van der Waals surface area contributed by atoms with Gasteiger partial charge in [-0.25, -0.2) is 9.97 Å². The van der Waals surface area contributed by atoms with Crippen molar-refractivity contribution in [1.82, 2.24) is 9.97 Å². The molecule has 98 valence electrons. The van der Waals surface area contributed by atoms with Crippen molar-refractivity contribution in [2.75, 3.05) is 10.6 Å². The minimum atomic E-state index is -0.934. The van der Waals surface area contributed by atoms with Crippen molar-refractivity contribution in [3.05, 3.63) is 42.7 Å². The average molecular weight is 258 g/mol. The summed E-state index contributed by atoms with van der Waals surface area (Å²) in [5.74, 6) is 0.126. The van der Waals surface area contributed by atoms with Crippen LogP contribution in [0.2, 0.25) is 0 Å². The van der Waals surface area contributed by atoms with Gasteiger partial charge in [0.2, 0.25) is 0 Å². The molecule has 2 rings (SSSR count). The third-order valence-electron chi connectivity index (χ3n) is 2.45. The van der Waals surface area contributed by atoms with E-state index in [1.54, 1.807) is 13.0 Å². The number of hydrogen-bond acceptors (Lipinski definition) is 5. The summed E-state index contributed by atoms with van der Waals surface area (Å²) < 4.78 is 0. The molecule has 19 heavy (non-hydrogen) atoms. The zero-order chi connectivity index (χ0) is 13.7. The van der Waals surface area contributed by atoms with Gasteiger partial charge in [-0.1, -0.05) is 18.2 Å². The van der Waals surface area contributed by atoms with Crippen LogP contribution in [-0.4, -0.2) is 27.1 Å². The van der Waals surface area contributed by atoms with E-state index in [1.165, 1.54) is 6.33 Å². The zero-order valence-corrected chi connectivity index (χ0v) is 10.4. The van der Waals surface area contributed by atoms with Crippen LogP contribution in [0.5, 0.6) is 0 Å². The minimum absolute atomic E-state index is 0.461. The summed E-state index contributed by atoms with van der Waals surface area (Å²) in [4.78, 5) is 18.8. The Morgan fingerprint density at radius 1 is 1.21 bits per heavy atom. The summed E-state index contributed by atoms with van der Waals surface area (Å²) in [5, 5.41) is 14.7. The van der Waals surface area contributed by atoms with E-state index in [0.717, 1.165) is 5.69 Å². The number of aliphatic carboxylic acids is 1.